The Balaban J connectivity index is 2.99. The third-order valence-corrected chi connectivity index (χ3v) is 2.40. The van der Waals surface area contributed by atoms with Crippen LogP contribution in [0, 0.1) is 17.6 Å². The second-order valence-electron chi connectivity index (χ2n) is 3.54. The predicted molar refractivity (Wildman–Crippen MR) is 57.6 cm³/mol. The Kier molecular flexibility index (Phi) is 4.76. The summed E-state index contributed by atoms with van der Waals surface area (Å²) in [5, 5.41) is 0. The predicted octanol–water partition coefficient (Wildman–Crippen LogP) is 1.47. The van der Waals surface area contributed by atoms with E-state index < -0.39 is 29.5 Å². The lowest BCUT2D eigenvalue weighted by Gasteiger charge is -2.12. The minimum atomic E-state index is -1.31. The van der Waals surface area contributed by atoms with E-state index in [0.29, 0.717) is 0 Å². The number of halogens is 2. The number of benzene rings is 1. The molecule has 0 radical (unpaired) electrons. The van der Waals surface area contributed by atoms with Gasteiger partial charge in [-0.05, 0) is 30.2 Å². The number of rotatable bonds is 4. The maximum absolute atomic E-state index is 13.4. The van der Waals surface area contributed by atoms with Crippen molar-refractivity contribution in [3.8, 4) is 0 Å². The van der Waals surface area contributed by atoms with Gasteiger partial charge in [0.25, 0.3) is 0 Å². The maximum atomic E-state index is 13.4. The van der Waals surface area contributed by atoms with E-state index >= 15 is 0 Å². The summed E-state index contributed by atoms with van der Waals surface area (Å²) in [6.45, 7) is 0. The summed E-state index contributed by atoms with van der Waals surface area (Å²) in [5.41, 5.74) is -0.0872. The molecule has 0 aliphatic rings. The summed E-state index contributed by atoms with van der Waals surface area (Å²) in [4.78, 5) is 22.7. The Morgan fingerprint density at radius 3 is 2.22 bits per heavy atom. The molecule has 0 aliphatic carbocycles. The minimum absolute atomic E-state index is 0.0872. The van der Waals surface area contributed by atoms with Crippen LogP contribution in [0.5, 0.6) is 0 Å². The van der Waals surface area contributed by atoms with E-state index in [2.05, 4.69) is 9.47 Å². The van der Waals surface area contributed by atoms with Crippen molar-refractivity contribution in [3.63, 3.8) is 0 Å². The van der Waals surface area contributed by atoms with Gasteiger partial charge in [0.05, 0.1) is 14.2 Å². The average Bonchev–Trinajstić information content (AvgIpc) is 2.38. The molecule has 0 bridgehead atoms. The molecule has 0 aromatic heterocycles. The standard InChI is InChI=1S/C12H12F2O4/c1-17-11(15)9(12(16)18-2)6-7-5-8(13)3-4-10(7)14/h3-5,9H,6H2,1-2H3. The molecule has 0 N–H and O–H groups in total. The fourth-order valence-corrected chi connectivity index (χ4v) is 1.47. The molecule has 1 aromatic carbocycles. The molecule has 0 aliphatic heterocycles. The molecule has 0 fully saturated rings. The van der Waals surface area contributed by atoms with Crippen molar-refractivity contribution >= 4 is 11.9 Å². The van der Waals surface area contributed by atoms with Crippen LogP contribution in [0.25, 0.3) is 0 Å². The van der Waals surface area contributed by atoms with E-state index in [1.54, 1.807) is 0 Å². The van der Waals surface area contributed by atoms with Crippen LogP contribution >= 0.6 is 0 Å². The summed E-state index contributed by atoms with van der Waals surface area (Å²) in [5.74, 6) is -4.37. The summed E-state index contributed by atoms with van der Waals surface area (Å²) >= 11 is 0. The van der Waals surface area contributed by atoms with Gasteiger partial charge in [0.1, 0.15) is 11.6 Å². The normalized spacial score (nSPS) is 10.3. The van der Waals surface area contributed by atoms with Gasteiger partial charge in [-0.1, -0.05) is 0 Å². The van der Waals surface area contributed by atoms with E-state index in [1.165, 1.54) is 0 Å². The van der Waals surface area contributed by atoms with Gasteiger partial charge in [-0.3, -0.25) is 9.59 Å². The number of methoxy groups -OCH3 is 2. The number of esters is 2. The van der Waals surface area contributed by atoms with Crippen molar-refractivity contribution in [1.29, 1.82) is 0 Å². The molecule has 6 heteroatoms. The van der Waals surface area contributed by atoms with Crippen LogP contribution in [0.1, 0.15) is 5.56 Å². The Morgan fingerprint density at radius 1 is 1.17 bits per heavy atom. The van der Waals surface area contributed by atoms with Crippen molar-refractivity contribution in [2.75, 3.05) is 14.2 Å². The maximum Gasteiger partial charge on any atom is 0.320 e. The van der Waals surface area contributed by atoms with E-state index in [0.717, 1.165) is 32.4 Å². The van der Waals surface area contributed by atoms with Crippen molar-refractivity contribution in [3.05, 3.63) is 35.4 Å². The fraction of sp³-hybridized carbons (Fsp3) is 0.333. The smallest absolute Gasteiger partial charge is 0.320 e. The first-order chi connectivity index (χ1) is 8.49. The molecule has 0 atom stereocenters. The fourth-order valence-electron chi connectivity index (χ4n) is 1.47. The van der Waals surface area contributed by atoms with E-state index in [-0.39, 0.29) is 12.0 Å². The van der Waals surface area contributed by atoms with Crippen molar-refractivity contribution in [1.82, 2.24) is 0 Å². The topological polar surface area (TPSA) is 52.6 Å². The van der Waals surface area contributed by atoms with E-state index in [1.807, 2.05) is 0 Å². The lowest BCUT2D eigenvalue weighted by Crippen LogP contribution is -2.28. The molecule has 1 rings (SSSR count). The Bertz CT molecular complexity index is 443. The van der Waals surface area contributed by atoms with Gasteiger partial charge in [0.2, 0.25) is 0 Å². The lowest BCUT2D eigenvalue weighted by molar-refractivity contribution is -0.158. The summed E-state index contributed by atoms with van der Waals surface area (Å²) in [6, 6.07) is 2.80. The van der Waals surface area contributed by atoms with Gasteiger partial charge >= 0.3 is 11.9 Å². The van der Waals surface area contributed by atoms with Gasteiger partial charge in [-0.2, -0.15) is 0 Å². The van der Waals surface area contributed by atoms with Crippen LogP contribution in [0.2, 0.25) is 0 Å². The van der Waals surface area contributed by atoms with Gasteiger partial charge in [0, 0.05) is 0 Å². The van der Waals surface area contributed by atoms with Crippen LogP contribution in [0.15, 0.2) is 18.2 Å². The first kappa shape index (κ1) is 14.1. The molecule has 0 unspecified atom stereocenters. The minimum Gasteiger partial charge on any atom is -0.468 e. The van der Waals surface area contributed by atoms with Crippen molar-refractivity contribution in [2.45, 2.75) is 6.42 Å². The monoisotopic (exact) mass is 258 g/mol. The van der Waals surface area contributed by atoms with E-state index in [4.69, 9.17) is 0 Å². The number of carbonyl (C=O) groups excluding carboxylic acids is 2. The Hall–Kier alpha value is -1.98. The Labute approximate surface area is 103 Å². The highest BCUT2D eigenvalue weighted by atomic mass is 19.1. The zero-order valence-electron chi connectivity index (χ0n) is 9.91. The van der Waals surface area contributed by atoms with Gasteiger partial charge in [-0.25, -0.2) is 8.78 Å². The molecule has 0 saturated carbocycles. The second kappa shape index (κ2) is 6.09. The molecule has 4 nitrogen and oxygen atoms in total. The second-order valence-corrected chi connectivity index (χ2v) is 3.54. The molecule has 0 spiro atoms. The molecule has 1 aromatic rings. The van der Waals surface area contributed by atoms with Crippen LogP contribution in [-0.4, -0.2) is 26.2 Å². The third-order valence-electron chi connectivity index (χ3n) is 2.40. The zero-order chi connectivity index (χ0) is 13.7. The highest BCUT2D eigenvalue weighted by Crippen LogP contribution is 2.16. The van der Waals surface area contributed by atoms with Gasteiger partial charge in [0.15, 0.2) is 5.92 Å². The first-order valence-corrected chi connectivity index (χ1v) is 5.09. The largest absolute Gasteiger partial charge is 0.468 e. The molecular weight excluding hydrogens is 246 g/mol. The molecular formula is C12H12F2O4. The number of carbonyl (C=O) groups is 2. The van der Waals surface area contributed by atoms with Crippen molar-refractivity contribution in [2.24, 2.45) is 5.92 Å². The van der Waals surface area contributed by atoms with Crippen LogP contribution in [-0.2, 0) is 25.5 Å². The number of hydrogen-bond acceptors (Lipinski definition) is 4. The highest BCUT2D eigenvalue weighted by molar-refractivity contribution is 5.95. The molecule has 0 heterocycles. The van der Waals surface area contributed by atoms with Crippen LogP contribution in [0.4, 0.5) is 8.78 Å². The highest BCUT2D eigenvalue weighted by Gasteiger charge is 2.29. The quantitative estimate of drug-likeness (QED) is 0.606. The molecule has 98 valence electrons. The van der Waals surface area contributed by atoms with Crippen LogP contribution in [0.3, 0.4) is 0 Å². The van der Waals surface area contributed by atoms with Crippen LogP contribution < -0.4 is 0 Å². The van der Waals surface area contributed by atoms with Gasteiger partial charge < -0.3 is 9.47 Å². The van der Waals surface area contributed by atoms with Gasteiger partial charge in [-0.15, -0.1) is 0 Å². The average molecular weight is 258 g/mol. The summed E-state index contributed by atoms with van der Waals surface area (Å²) in [6.07, 6.45) is -0.317. The summed E-state index contributed by atoms with van der Waals surface area (Å²) in [7, 11) is 2.19. The third kappa shape index (κ3) is 3.26. The SMILES string of the molecule is COC(=O)C(Cc1cc(F)ccc1F)C(=O)OC. The Morgan fingerprint density at radius 2 is 1.72 bits per heavy atom. The lowest BCUT2D eigenvalue weighted by atomic mass is 9.99. The van der Waals surface area contributed by atoms with Crippen molar-refractivity contribution < 1.29 is 27.8 Å². The number of hydrogen-bond donors (Lipinski definition) is 0. The molecule has 0 saturated heterocycles. The molecule has 0 amide bonds. The summed E-state index contributed by atoms with van der Waals surface area (Å²) < 4.78 is 35.2. The number of ether oxygens (including phenoxy) is 2. The zero-order valence-corrected chi connectivity index (χ0v) is 9.91. The molecule has 18 heavy (non-hydrogen) atoms. The first-order valence-electron chi connectivity index (χ1n) is 5.09. The van der Waals surface area contributed by atoms with E-state index in [9.17, 15) is 18.4 Å².